The van der Waals surface area contributed by atoms with Crippen LogP contribution in [-0.2, 0) is 9.53 Å². The molecule has 0 aliphatic rings. The number of Topliss-reactive ketones (excluding diaryl/α,β-unsaturated/α-hetero) is 1. The van der Waals surface area contributed by atoms with Crippen LogP contribution in [-0.4, -0.2) is 29.4 Å². The first kappa shape index (κ1) is 15.2. The van der Waals surface area contributed by atoms with Gasteiger partial charge in [0.15, 0.2) is 5.78 Å². The average Bonchev–Trinajstić information content (AvgIpc) is 2.37. The lowest BCUT2D eigenvalue weighted by Crippen LogP contribution is -2.13. The zero-order chi connectivity index (χ0) is 14.6. The minimum atomic E-state index is -1.28. The number of esters is 1. The molecule has 1 unspecified atom stereocenters. The van der Waals surface area contributed by atoms with Gasteiger partial charge in [-0.2, -0.15) is 0 Å². The Morgan fingerprint density at radius 2 is 1.95 bits per heavy atom. The third kappa shape index (κ3) is 3.54. The number of carboxylic acid groups (broad SMARTS) is 1. The van der Waals surface area contributed by atoms with E-state index in [1.807, 2.05) is 0 Å². The lowest BCUT2D eigenvalue weighted by Gasteiger charge is -2.10. The fraction of sp³-hybridized carbons (Fsp3) is 0.308. The first-order valence-corrected chi connectivity index (χ1v) is 6.01. The van der Waals surface area contributed by atoms with Crippen molar-refractivity contribution in [3.05, 3.63) is 34.9 Å². The van der Waals surface area contributed by atoms with Gasteiger partial charge in [-0.05, 0) is 31.5 Å². The van der Waals surface area contributed by atoms with Crippen molar-refractivity contribution in [1.29, 1.82) is 0 Å². The monoisotopic (exact) mass is 284 g/mol. The Labute approximate surface area is 115 Å². The molecule has 1 atom stereocenters. The van der Waals surface area contributed by atoms with Gasteiger partial charge in [-0.1, -0.05) is 6.07 Å². The third-order valence-corrected chi connectivity index (χ3v) is 2.98. The molecule has 1 rings (SSSR count). The summed E-state index contributed by atoms with van der Waals surface area (Å²) in [4.78, 5) is 33.9. The number of hydrogen-bond acceptors (Lipinski definition) is 4. The number of carbonyl (C=O) groups excluding carboxylic acids is 2. The van der Waals surface area contributed by atoms with Crippen LogP contribution in [0.3, 0.4) is 0 Å². The molecule has 0 aliphatic carbocycles. The number of halogens is 1. The Bertz CT molecular complexity index is 524. The standard InChI is InChI=1S/C13H13ClO5/c1-3-19-13(18)9-5-4-8(11(14)7(2)15)6-10(9)12(16)17/h4-6,11H,3H2,1-2H3,(H,16,17). The van der Waals surface area contributed by atoms with Gasteiger partial charge in [0.1, 0.15) is 5.38 Å². The van der Waals surface area contributed by atoms with E-state index >= 15 is 0 Å². The van der Waals surface area contributed by atoms with E-state index < -0.39 is 17.3 Å². The Morgan fingerprint density at radius 1 is 1.32 bits per heavy atom. The highest BCUT2D eigenvalue weighted by Gasteiger charge is 2.21. The molecule has 0 saturated carbocycles. The summed E-state index contributed by atoms with van der Waals surface area (Å²) in [6.45, 7) is 3.07. The molecule has 0 aliphatic heterocycles. The van der Waals surface area contributed by atoms with E-state index in [0.717, 1.165) is 0 Å². The summed E-state index contributed by atoms with van der Waals surface area (Å²) < 4.78 is 4.76. The maximum Gasteiger partial charge on any atom is 0.338 e. The van der Waals surface area contributed by atoms with E-state index in [1.165, 1.54) is 25.1 Å². The van der Waals surface area contributed by atoms with E-state index in [9.17, 15) is 14.4 Å². The van der Waals surface area contributed by atoms with Crippen LogP contribution in [0, 0.1) is 0 Å². The molecular weight excluding hydrogens is 272 g/mol. The lowest BCUT2D eigenvalue weighted by molar-refractivity contribution is -0.116. The second-order valence-corrected chi connectivity index (χ2v) is 4.24. The van der Waals surface area contributed by atoms with Crippen molar-refractivity contribution in [2.24, 2.45) is 0 Å². The average molecular weight is 285 g/mol. The molecule has 102 valence electrons. The van der Waals surface area contributed by atoms with E-state index in [0.29, 0.717) is 5.56 Å². The Balaban J connectivity index is 3.26. The Hall–Kier alpha value is -1.88. The number of aromatic carboxylic acids is 1. The zero-order valence-corrected chi connectivity index (χ0v) is 11.2. The summed E-state index contributed by atoms with van der Waals surface area (Å²) in [6, 6.07) is 3.96. The summed E-state index contributed by atoms with van der Waals surface area (Å²) in [5.41, 5.74) is 0.0352. The van der Waals surface area contributed by atoms with Crippen molar-refractivity contribution in [1.82, 2.24) is 0 Å². The lowest BCUT2D eigenvalue weighted by atomic mass is 10.0. The molecule has 1 N–H and O–H groups in total. The third-order valence-electron chi connectivity index (χ3n) is 2.42. The topological polar surface area (TPSA) is 80.7 Å². The number of carboxylic acids is 1. The van der Waals surface area contributed by atoms with Crippen LogP contribution in [0.1, 0.15) is 45.5 Å². The quantitative estimate of drug-likeness (QED) is 0.663. The number of alkyl halides is 1. The normalized spacial score (nSPS) is 11.7. The maximum absolute atomic E-state index is 11.6. The number of rotatable bonds is 5. The van der Waals surface area contributed by atoms with E-state index in [2.05, 4.69) is 0 Å². The van der Waals surface area contributed by atoms with Crippen molar-refractivity contribution in [2.75, 3.05) is 6.61 Å². The van der Waals surface area contributed by atoms with Crippen LogP contribution >= 0.6 is 11.6 Å². The van der Waals surface area contributed by atoms with Gasteiger partial charge in [0, 0.05) is 0 Å². The molecule has 5 nitrogen and oxygen atoms in total. The Morgan fingerprint density at radius 3 is 2.42 bits per heavy atom. The second kappa shape index (κ2) is 6.33. The van der Waals surface area contributed by atoms with Gasteiger partial charge in [-0.3, -0.25) is 4.79 Å². The summed E-state index contributed by atoms with van der Waals surface area (Å²) in [5.74, 6) is -2.31. The first-order chi connectivity index (χ1) is 8.88. The van der Waals surface area contributed by atoms with E-state index in [-0.39, 0.29) is 23.5 Å². The molecule has 0 amide bonds. The fourth-order valence-electron chi connectivity index (χ4n) is 1.52. The minimum absolute atomic E-state index is 0.0643. The minimum Gasteiger partial charge on any atom is -0.478 e. The number of ketones is 1. The van der Waals surface area contributed by atoms with Crippen LogP contribution in [0.5, 0.6) is 0 Å². The van der Waals surface area contributed by atoms with Crippen LogP contribution < -0.4 is 0 Å². The molecule has 1 aromatic carbocycles. The molecule has 0 radical (unpaired) electrons. The fourth-order valence-corrected chi connectivity index (χ4v) is 1.65. The van der Waals surface area contributed by atoms with Crippen molar-refractivity contribution < 1.29 is 24.2 Å². The number of hydrogen-bond donors (Lipinski definition) is 1. The molecule has 0 aromatic heterocycles. The molecule has 0 bridgehead atoms. The van der Waals surface area contributed by atoms with Crippen LogP contribution in [0.15, 0.2) is 18.2 Å². The molecule has 0 saturated heterocycles. The second-order valence-electron chi connectivity index (χ2n) is 3.80. The van der Waals surface area contributed by atoms with Gasteiger partial charge >= 0.3 is 11.9 Å². The van der Waals surface area contributed by atoms with E-state index in [1.54, 1.807) is 6.92 Å². The largest absolute Gasteiger partial charge is 0.478 e. The van der Waals surface area contributed by atoms with Crippen molar-refractivity contribution in [3.8, 4) is 0 Å². The summed E-state index contributed by atoms with van der Waals surface area (Å²) in [5, 5.41) is 8.16. The maximum atomic E-state index is 11.6. The summed E-state index contributed by atoms with van der Waals surface area (Å²) in [7, 11) is 0. The molecule has 6 heteroatoms. The van der Waals surface area contributed by atoms with Gasteiger partial charge in [-0.15, -0.1) is 11.6 Å². The first-order valence-electron chi connectivity index (χ1n) is 5.57. The predicted molar refractivity (Wildman–Crippen MR) is 68.6 cm³/mol. The van der Waals surface area contributed by atoms with Crippen molar-refractivity contribution in [3.63, 3.8) is 0 Å². The zero-order valence-electron chi connectivity index (χ0n) is 10.5. The highest BCUT2D eigenvalue weighted by molar-refractivity contribution is 6.30. The highest BCUT2D eigenvalue weighted by Crippen LogP contribution is 2.24. The van der Waals surface area contributed by atoms with Gasteiger partial charge in [0.05, 0.1) is 17.7 Å². The van der Waals surface area contributed by atoms with Gasteiger partial charge in [0.25, 0.3) is 0 Å². The van der Waals surface area contributed by atoms with Gasteiger partial charge in [0.2, 0.25) is 0 Å². The summed E-state index contributed by atoms with van der Waals surface area (Å²) in [6.07, 6.45) is 0. The molecule has 0 fully saturated rings. The highest BCUT2D eigenvalue weighted by atomic mass is 35.5. The number of benzene rings is 1. The molecule has 0 heterocycles. The van der Waals surface area contributed by atoms with Gasteiger partial charge < -0.3 is 9.84 Å². The van der Waals surface area contributed by atoms with Gasteiger partial charge in [-0.25, -0.2) is 9.59 Å². The van der Waals surface area contributed by atoms with Crippen molar-refractivity contribution >= 4 is 29.3 Å². The van der Waals surface area contributed by atoms with Crippen LogP contribution in [0.4, 0.5) is 0 Å². The van der Waals surface area contributed by atoms with Crippen molar-refractivity contribution in [2.45, 2.75) is 19.2 Å². The van der Waals surface area contributed by atoms with Crippen LogP contribution in [0.2, 0.25) is 0 Å². The number of ether oxygens (including phenoxy) is 1. The smallest absolute Gasteiger partial charge is 0.338 e. The molecule has 1 aromatic rings. The summed E-state index contributed by atoms with van der Waals surface area (Å²) >= 11 is 5.85. The number of carbonyl (C=O) groups is 3. The predicted octanol–water partition coefficient (Wildman–Crippen LogP) is 2.43. The van der Waals surface area contributed by atoms with Crippen LogP contribution in [0.25, 0.3) is 0 Å². The molecule has 0 spiro atoms. The van der Waals surface area contributed by atoms with E-state index in [4.69, 9.17) is 21.4 Å². The SMILES string of the molecule is CCOC(=O)c1ccc(C(Cl)C(C)=O)cc1C(=O)O. The molecule has 19 heavy (non-hydrogen) atoms. The Kier molecular flexibility index (Phi) is 5.06. The molecular formula is C13H13ClO5.